The van der Waals surface area contributed by atoms with Gasteiger partial charge in [0.05, 0.1) is 38.6 Å². The summed E-state index contributed by atoms with van der Waals surface area (Å²) in [4.78, 5) is 13.5. The Morgan fingerprint density at radius 1 is 0.356 bits per heavy atom. The Morgan fingerprint density at radius 2 is 0.663 bits per heavy atom. The van der Waals surface area contributed by atoms with Crippen LogP contribution in [0.3, 0.4) is 0 Å². The van der Waals surface area contributed by atoms with Crippen molar-refractivity contribution in [2.24, 2.45) is 0 Å². The Morgan fingerprint density at radius 3 is 1.04 bits per heavy atom. The van der Waals surface area contributed by atoms with E-state index in [0.717, 1.165) is 103 Å². The zero-order valence-corrected chi connectivity index (χ0v) is 64.2. The molecule has 17 atom stereocenters. The monoisotopic (exact) mass is 1470 g/mol. The third-order valence-electron chi connectivity index (χ3n) is 19.8. The second-order valence-corrected chi connectivity index (χ2v) is 28.9. The highest BCUT2D eigenvalue weighted by Gasteiger charge is 2.54. The van der Waals surface area contributed by atoms with Gasteiger partial charge in [0, 0.05) is 6.42 Å². The number of allylic oxidation sites excluding steroid dienone is 17. The molecule has 600 valence electrons. The molecule has 0 spiro atoms. The summed E-state index contributed by atoms with van der Waals surface area (Å²) in [5.74, 6) is -0.301. The summed E-state index contributed by atoms with van der Waals surface area (Å²) in [6.07, 6.45) is 62.1. The predicted octanol–water partition coefficient (Wildman–Crippen LogP) is 14.1. The fourth-order valence-electron chi connectivity index (χ4n) is 13.3. The SMILES string of the molecule is CC/C=C\C/C=C\C/C=C\C/C=C\C/C=C\C/C=C\C/C=C\C/C=C\CCCCCCC(=O)NC(COC1OC(CO)C(OC2OC(CO)C(OC3OC(CO)C(O)C(O)C3O)C(O)C2O)C(O)C1O)C(O)/C=C/CCCCCCCCCCCCCCCCCCCCCCCCCCCCCC. The van der Waals surface area contributed by atoms with Gasteiger partial charge >= 0.3 is 0 Å². The second-order valence-electron chi connectivity index (χ2n) is 28.9. The van der Waals surface area contributed by atoms with Crippen LogP contribution in [0.1, 0.15) is 290 Å². The van der Waals surface area contributed by atoms with E-state index in [4.69, 9.17) is 28.4 Å². The highest BCUT2D eigenvalue weighted by Crippen LogP contribution is 2.33. The van der Waals surface area contributed by atoms with E-state index >= 15 is 0 Å². The maximum Gasteiger partial charge on any atom is 0.220 e. The van der Waals surface area contributed by atoms with E-state index in [1.54, 1.807) is 6.08 Å². The number of hydrogen-bond acceptors (Lipinski definition) is 18. The van der Waals surface area contributed by atoms with E-state index in [1.807, 2.05) is 6.08 Å². The van der Waals surface area contributed by atoms with Crippen LogP contribution in [0.4, 0.5) is 0 Å². The average Bonchev–Trinajstić information content (AvgIpc) is 0.781. The summed E-state index contributed by atoms with van der Waals surface area (Å²) in [7, 11) is 0. The van der Waals surface area contributed by atoms with Gasteiger partial charge in [-0.05, 0) is 83.5 Å². The lowest BCUT2D eigenvalue weighted by molar-refractivity contribution is -0.379. The van der Waals surface area contributed by atoms with E-state index in [1.165, 1.54) is 161 Å². The Kier molecular flexibility index (Phi) is 58.5. The van der Waals surface area contributed by atoms with Crippen molar-refractivity contribution in [3.8, 4) is 0 Å². The van der Waals surface area contributed by atoms with Gasteiger partial charge in [0.1, 0.15) is 73.2 Å². The van der Waals surface area contributed by atoms with E-state index < -0.39 is 124 Å². The molecule has 17 unspecified atom stereocenters. The molecule has 0 bridgehead atoms. The summed E-state index contributed by atoms with van der Waals surface area (Å²) in [6, 6.07) is -0.998. The van der Waals surface area contributed by atoms with Gasteiger partial charge in [-0.15, -0.1) is 0 Å². The summed E-state index contributed by atoms with van der Waals surface area (Å²) < 4.78 is 34.4. The molecule has 3 aliphatic rings. The van der Waals surface area contributed by atoms with Gasteiger partial charge in [-0.2, -0.15) is 0 Å². The topological polar surface area (TPSA) is 307 Å². The number of carbonyl (C=O) groups is 1. The molecular weight excluding hydrogens is 1320 g/mol. The van der Waals surface area contributed by atoms with Crippen molar-refractivity contribution in [3.63, 3.8) is 0 Å². The van der Waals surface area contributed by atoms with Crippen LogP contribution in [0.15, 0.2) is 109 Å². The van der Waals surface area contributed by atoms with E-state index in [0.29, 0.717) is 6.42 Å². The molecule has 0 aromatic rings. The van der Waals surface area contributed by atoms with Crippen molar-refractivity contribution in [2.45, 2.75) is 394 Å². The molecule has 19 heteroatoms. The lowest BCUT2D eigenvalue weighted by Crippen LogP contribution is -2.66. The standard InChI is InChI=1S/C85H147NO18/c1-3-5-7-9-11-13-15-17-19-21-23-25-27-29-31-33-35-36-38-40-42-44-46-48-50-52-54-56-58-60-62-69(90)68(86-73(91)63-61-59-57-55-53-51-49-47-45-43-41-39-37-34-32-30-28-26-24-22-20-18-16-14-12-10-8-6-4-2)67-99-83-79(97)76(94)81(71(65-88)101-83)104-85-80(98)77(95)82(72(66-89)102-85)103-84-78(96)75(93)74(92)70(64-87)100-84/h6,8,12,14,18,20,24,26,30,32,37,39,43,45,49,51,60,62,68-72,74-85,87-90,92-98H,3-5,7,9-11,13,15-17,19,21-23,25,27-29,31,33-36,38,40-42,44,46-48,50,52-59,61,63-67H2,1-2H3,(H,86,91)/b8-6-,14-12-,20-18-,26-24-,32-30-,39-37-,45-43-,51-49-,62-60+. The fraction of sp³-hybridized carbons (Fsp3) is 0.776. The zero-order valence-electron chi connectivity index (χ0n) is 64.2. The maximum atomic E-state index is 13.5. The normalized spacial score (nSPS) is 26.5. The maximum absolute atomic E-state index is 13.5. The van der Waals surface area contributed by atoms with Gasteiger partial charge in [0.2, 0.25) is 5.91 Å². The average molecular weight is 1470 g/mol. The van der Waals surface area contributed by atoms with Crippen LogP contribution in [0, 0.1) is 0 Å². The Labute approximate surface area is 627 Å². The number of carbonyl (C=O) groups excluding carboxylic acids is 1. The van der Waals surface area contributed by atoms with E-state index in [-0.39, 0.29) is 18.9 Å². The number of amides is 1. The van der Waals surface area contributed by atoms with Crippen LogP contribution in [0.25, 0.3) is 0 Å². The first-order valence-electron chi connectivity index (χ1n) is 41.1. The molecule has 0 radical (unpaired) electrons. The summed E-state index contributed by atoms with van der Waals surface area (Å²) in [5, 5.41) is 121. The highest BCUT2D eigenvalue weighted by atomic mass is 16.8. The Bertz CT molecular complexity index is 2300. The van der Waals surface area contributed by atoms with Crippen molar-refractivity contribution in [1.82, 2.24) is 5.32 Å². The van der Waals surface area contributed by atoms with Crippen LogP contribution in [0.2, 0.25) is 0 Å². The van der Waals surface area contributed by atoms with Gasteiger partial charge in [-0.3, -0.25) is 4.79 Å². The molecular formula is C85H147NO18. The molecule has 0 aromatic carbocycles. The lowest BCUT2D eigenvalue weighted by atomic mass is 9.96. The molecule has 3 fully saturated rings. The Hall–Kier alpha value is -3.55. The Balaban J connectivity index is 1.39. The van der Waals surface area contributed by atoms with Crippen molar-refractivity contribution >= 4 is 5.91 Å². The third kappa shape index (κ3) is 43.6. The quantitative estimate of drug-likeness (QED) is 0.0199. The van der Waals surface area contributed by atoms with Crippen molar-refractivity contribution in [3.05, 3.63) is 109 Å². The highest BCUT2D eigenvalue weighted by molar-refractivity contribution is 5.76. The number of aliphatic hydroxyl groups excluding tert-OH is 11. The molecule has 3 saturated heterocycles. The summed E-state index contributed by atoms with van der Waals surface area (Å²) >= 11 is 0. The molecule has 3 aliphatic heterocycles. The molecule has 1 amide bonds. The van der Waals surface area contributed by atoms with E-state index in [9.17, 15) is 61.0 Å². The molecule has 3 heterocycles. The minimum atomic E-state index is -1.99. The van der Waals surface area contributed by atoms with Gasteiger partial charge in [0.15, 0.2) is 18.9 Å². The largest absolute Gasteiger partial charge is 0.394 e. The minimum absolute atomic E-state index is 0.207. The number of aliphatic hydroxyl groups is 11. The van der Waals surface area contributed by atoms with E-state index in [2.05, 4.69) is 116 Å². The smallest absolute Gasteiger partial charge is 0.220 e. The van der Waals surface area contributed by atoms with Crippen molar-refractivity contribution < 1.29 is 89.4 Å². The first-order chi connectivity index (χ1) is 50.8. The summed E-state index contributed by atoms with van der Waals surface area (Å²) in [5.41, 5.74) is 0. The molecule has 0 aliphatic carbocycles. The van der Waals surface area contributed by atoms with Crippen LogP contribution in [-0.4, -0.2) is 193 Å². The lowest BCUT2D eigenvalue weighted by Gasteiger charge is -2.48. The van der Waals surface area contributed by atoms with Crippen LogP contribution < -0.4 is 5.32 Å². The van der Waals surface area contributed by atoms with Crippen molar-refractivity contribution in [2.75, 3.05) is 26.4 Å². The number of ether oxygens (including phenoxy) is 6. The van der Waals surface area contributed by atoms with Gasteiger partial charge in [0.25, 0.3) is 0 Å². The van der Waals surface area contributed by atoms with Gasteiger partial charge in [-0.25, -0.2) is 0 Å². The molecule has 104 heavy (non-hydrogen) atoms. The number of unbranched alkanes of at least 4 members (excludes halogenated alkanes) is 32. The first-order valence-corrected chi connectivity index (χ1v) is 41.1. The molecule has 0 aromatic heterocycles. The van der Waals surface area contributed by atoms with Crippen LogP contribution in [-0.2, 0) is 33.2 Å². The van der Waals surface area contributed by atoms with Crippen LogP contribution in [0.5, 0.6) is 0 Å². The van der Waals surface area contributed by atoms with Crippen LogP contribution >= 0.6 is 0 Å². The molecule has 12 N–H and O–H groups in total. The fourth-order valence-corrected chi connectivity index (χ4v) is 13.3. The van der Waals surface area contributed by atoms with Gasteiger partial charge < -0.3 is 89.9 Å². The first kappa shape index (κ1) is 94.7. The zero-order chi connectivity index (χ0) is 75.3. The number of hydrogen-bond donors (Lipinski definition) is 12. The third-order valence-corrected chi connectivity index (χ3v) is 19.8. The predicted molar refractivity (Wildman–Crippen MR) is 415 cm³/mol. The molecule has 19 nitrogen and oxygen atoms in total. The van der Waals surface area contributed by atoms with Crippen molar-refractivity contribution in [1.29, 1.82) is 0 Å². The summed E-state index contributed by atoms with van der Waals surface area (Å²) in [6.45, 7) is 1.62. The number of rotatable bonds is 64. The van der Waals surface area contributed by atoms with Gasteiger partial charge in [-0.1, -0.05) is 309 Å². The minimum Gasteiger partial charge on any atom is -0.394 e. The second kappa shape index (κ2) is 64.3. The molecule has 0 saturated carbocycles. The molecule has 3 rings (SSSR count). The number of nitrogens with one attached hydrogen (secondary N) is 1.